The maximum Gasteiger partial charge on any atom is 0.204 e. The molecule has 0 amide bonds. The van der Waals surface area contributed by atoms with Gasteiger partial charge < -0.3 is 33.4 Å². The van der Waals surface area contributed by atoms with Crippen LogP contribution in [0.3, 0.4) is 0 Å². The van der Waals surface area contributed by atoms with Gasteiger partial charge in [0.1, 0.15) is 17.3 Å². The van der Waals surface area contributed by atoms with Gasteiger partial charge in [-0.3, -0.25) is 9.80 Å². The Balaban J connectivity index is 1.32. The summed E-state index contributed by atoms with van der Waals surface area (Å²) in [7, 11) is 9.50. The van der Waals surface area contributed by atoms with E-state index < -0.39 is 0 Å². The van der Waals surface area contributed by atoms with Gasteiger partial charge in [-0.2, -0.15) is 0 Å². The second kappa shape index (κ2) is 14.6. The van der Waals surface area contributed by atoms with Crippen LogP contribution in [0.2, 0.25) is 0 Å². The van der Waals surface area contributed by atoms with E-state index in [1.807, 2.05) is 18.2 Å². The average Bonchev–Trinajstić information content (AvgIpc) is 3.68. The third kappa shape index (κ3) is 6.49. The van der Waals surface area contributed by atoms with E-state index in [-0.39, 0.29) is 12.1 Å². The number of hydrogen-bond donors (Lipinski definition) is 1. The summed E-state index contributed by atoms with van der Waals surface area (Å²) in [5, 5.41) is 3.60. The highest BCUT2D eigenvalue weighted by molar-refractivity contribution is 5.67. The molecule has 52 heavy (non-hydrogen) atoms. The number of nitrogens with one attached hydrogen (secondary N) is 1. The molecule has 0 saturated carbocycles. The summed E-state index contributed by atoms with van der Waals surface area (Å²) in [5.74, 6) is 5.79. The van der Waals surface area contributed by atoms with Gasteiger partial charge in [0, 0.05) is 42.8 Å². The van der Waals surface area contributed by atoms with Gasteiger partial charge >= 0.3 is 0 Å². The molecule has 0 aliphatic carbocycles. The van der Waals surface area contributed by atoms with Gasteiger partial charge in [-0.15, -0.1) is 0 Å². The van der Waals surface area contributed by atoms with E-state index in [0.29, 0.717) is 48.3 Å². The van der Waals surface area contributed by atoms with E-state index in [1.165, 1.54) is 22.3 Å². The maximum absolute atomic E-state index is 7.12. The van der Waals surface area contributed by atoms with Crippen LogP contribution >= 0.6 is 0 Å². The number of hydrogen-bond acceptors (Lipinski definition) is 9. The number of nitrogens with zero attached hydrogens (tertiary/aromatic N) is 2. The molecule has 4 aliphatic rings. The Morgan fingerprint density at radius 3 is 2.25 bits per heavy atom. The maximum atomic E-state index is 7.12. The summed E-state index contributed by atoms with van der Waals surface area (Å²) in [6, 6.07) is 25.3. The Kier molecular flexibility index (Phi) is 9.57. The topological polar surface area (TPSA) is 77.8 Å². The van der Waals surface area contributed by atoms with Crippen molar-refractivity contribution in [3.63, 3.8) is 0 Å². The van der Waals surface area contributed by atoms with Crippen LogP contribution in [0.5, 0.6) is 40.2 Å². The van der Waals surface area contributed by atoms with E-state index in [1.54, 1.807) is 27.6 Å². The summed E-state index contributed by atoms with van der Waals surface area (Å²) in [6.07, 6.45) is 5.11. The number of fused-ring (bicyclic) bond motifs is 2. The van der Waals surface area contributed by atoms with Crippen LogP contribution in [0.1, 0.15) is 56.8 Å². The summed E-state index contributed by atoms with van der Waals surface area (Å²) in [5.41, 5.74) is 8.42. The Labute approximate surface area is 306 Å². The zero-order valence-electron chi connectivity index (χ0n) is 30.7. The van der Waals surface area contributed by atoms with Crippen LogP contribution in [0.25, 0.3) is 0 Å². The molecular formula is C43H47N3O6. The molecule has 5 aromatic rings. The van der Waals surface area contributed by atoms with Crippen LogP contribution in [-0.4, -0.2) is 58.3 Å². The third-order valence-electron chi connectivity index (χ3n) is 11.0. The van der Waals surface area contributed by atoms with Crippen molar-refractivity contribution < 1.29 is 28.1 Å². The minimum absolute atomic E-state index is 0.0294. The van der Waals surface area contributed by atoms with Crippen LogP contribution < -0.4 is 29.0 Å². The highest BCUT2D eigenvalue weighted by Crippen LogP contribution is 2.53. The fourth-order valence-corrected chi connectivity index (χ4v) is 8.22. The van der Waals surface area contributed by atoms with Crippen molar-refractivity contribution in [2.45, 2.75) is 50.9 Å². The van der Waals surface area contributed by atoms with Gasteiger partial charge in [0.2, 0.25) is 5.75 Å². The largest absolute Gasteiger partial charge is 0.493 e. The standard InChI is InChI=1S/C43H47N3O6/c1-45-18-16-29-11-14-31-24-34(29)36(45)21-27-8-12-30(13-9-27)51-39-23-28(10-15-38(39)47-3)22-37-40-33(17-19-46(37)2)35(26-44-25-32-7-6-20-50-32)41(48-4)43(49-5)42(40)52-31/h6-15,20,23-24,36-37,44H,16-19,21-22,25-26H2,1-5H3/t36-,37-/m0/s1. The zero-order valence-corrected chi connectivity index (χ0v) is 30.7. The zero-order chi connectivity index (χ0) is 35.8. The molecule has 4 aliphatic heterocycles. The van der Waals surface area contributed by atoms with Crippen molar-refractivity contribution in [1.82, 2.24) is 15.1 Å². The first-order chi connectivity index (χ1) is 25.4. The monoisotopic (exact) mass is 701 g/mol. The van der Waals surface area contributed by atoms with E-state index in [4.69, 9.17) is 28.1 Å². The Bertz CT molecular complexity index is 2040. The second-order valence-corrected chi connectivity index (χ2v) is 14.0. The predicted molar refractivity (Wildman–Crippen MR) is 200 cm³/mol. The minimum Gasteiger partial charge on any atom is -0.493 e. The second-order valence-electron chi connectivity index (χ2n) is 14.0. The van der Waals surface area contributed by atoms with Crippen molar-refractivity contribution in [2.24, 2.45) is 0 Å². The fourth-order valence-electron chi connectivity index (χ4n) is 8.22. The highest BCUT2D eigenvalue weighted by Gasteiger charge is 2.36. The lowest BCUT2D eigenvalue weighted by Crippen LogP contribution is -2.35. The number of benzene rings is 4. The van der Waals surface area contributed by atoms with Crippen molar-refractivity contribution >= 4 is 0 Å². The van der Waals surface area contributed by atoms with E-state index >= 15 is 0 Å². The van der Waals surface area contributed by atoms with Crippen molar-refractivity contribution in [3.05, 3.63) is 124 Å². The molecule has 270 valence electrons. The Hall–Kier alpha value is -4.96. The first kappa shape index (κ1) is 34.1. The summed E-state index contributed by atoms with van der Waals surface area (Å²) in [4.78, 5) is 4.87. The van der Waals surface area contributed by atoms with Gasteiger partial charge in [0.05, 0.1) is 34.1 Å². The molecule has 9 nitrogen and oxygen atoms in total. The molecule has 0 fully saturated rings. The van der Waals surface area contributed by atoms with E-state index in [9.17, 15) is 0 Å². The highest BCUT2D eigenvalue weighted by atomic mass is 16.5. The van der Waals surface area contributed by atoms with E-state index in [0.717, 1.165) is 66.3 Å². The lowest BCUT2D eigenvalue weighted by molar-refractivity contribution is 0.220. The lowest BCUT2D eigenvalue weighted by Gasteiger charge is -2.38. The molecule has 1 aromatic heterocycles. The summed E-state index contributed by atoms with van der Waals surface area (Å²) >= 11 is 0. The van der Waals surface area contributed by atoms with E-state index in [2.05, 4.69) is 83.8 Å². The molecule has 4 aromatic carbocycles. The normalized spacial score (nSPS) is 18.4. The Morgan fingerprint density at radius 1 is 0.731 bits per heavy atom. The molecule has 2 atom stereocenters. The summed E-state index contributed by atoms with van der Waals surface area (Å²) in [6.45, 7) is 3.04. The minimum atomic E-state index is -0.0294. The third-order valence-corrected chi connectivity index (χ3v) is 11.0. The molecular weight excluding hydrogens is 654 g/mol. The molecule has 5 heterocycles. The van der Waals surface area contributed by atoms with Gasteiger partial charge in [-0.25, -0.2) is 0 Å². The van der Waals surface area contributed by atoms with Crippen molar-refractivity contribution in [2.75, 3.05) is 48.5 Å². The quantitative estimate of drug-likeness (QED) is 0.182. The van der Waals surface area contributed by atoms with Crippen LogP contribution in [0.15, 0.2) is 83.5 Å². The van der Waals surface area contributed by atoms with Gasteiger partial charge in [-0.05, 0) is 116 Å². The molecule has 0 radical (unpaired) electrons. The van der Waals surface area contributed by atoms with Gasteiger partial charge in [-0.1, -0.05) is 24.3 Å². The van der Waals surface area contributed by atoms with Crippen LogP contribution in [0, 0.1) is 0 Å². The predicted octanol–water partition coefficient (Wildman–Crippen LogP) is 8.04. The number of methoxy groups -OCH3 is 3. The number of ether oxygens (including phenoxy) is 5. The van der Waals surface area contributed by atoms with Crippen molar-refractivity contribution in [3.8, 4) is 40.2 Å². The molecule has 0 spiro atoms. The number of rotatable bonds is 7. The number of likely N-dealkylation sites (N-methyl/N-ethyl adjacent to an activating group) is 2. The molecule has 0 saturated heterocycles. The average molecular weight is 702 g/mol. The summed E-state index contributed by atoms with van der Waals surface area (Å²) < 4.78 is 37.5. The fraction of sp³-hybridized carbons (Fsp3) is 0.349. The molecule has 0 unspecified atom stereocenters. The smallest absolute Gasteiger partial charge is 0.204 e. The molecule has 6 bridgehead atoms. The first-order valence-corrected chi connectivity index (χ1v) is 18.1. The lowest BCUT2D eigenvalue weighted by atomic mass is 9.84. The molecule has 1 N–H and O–H groups in total. The van der Waals surface area contributed by atoms with Crippen molar-refractivity contribution in [1.29, 1.82) is 0 Å². The molecule has 9 heteroatoms. The number of furan rings is 1. The molecule has 9 rings (SSSR count). The van der Waals surface area contributed by atoms with Gasteiger partial charge in [0.25, 0.3) is 0 Å². The van der Waals surface area contributed by atoms with Gasteiger partial charge in [0.15, 0.2) is 23.0 Å². The Morgan fingerprint density at radius 2 is 1.48 bits per heavy atom. The van der Waals surface area contributed by atoms with Crippen LogP contribution in [-0.2, 0) is 38.8 Å². The van der Waals surface area contributed by atoms with Crippen LogP contribution in [0.4, 0.5) is 0 Å². The first-order valence-electron chi connectivity index (χ1n) is 18.1. The SMILES string of the molecule is COc1ccc2cc1Oc1ccc(cc1)C[C@H]1c3cc(ccc3CCN1C)Oc1c(OC)c(OC)c(CNCc3ccco3)c3c1[C@H](C2)N(C)CC3.